The zero-order valence-corrected chi connectivity index (χ0v) is 13.7. The molecule has 1 amide bonds. The molecule has 2 heterocycles. The predicted molar refractivity (Wildman–Crippen MR) is 80.9 cm³/mol. The topological polar surface area (TPSA) is 61.6 Å². The van der Waals surface area contributed by atoms with Gasteiger partial charge in [-0.1, -0.05) is 0 Å². The van der Waals surface area contributed by atoms with Gasteiger partial charge in [0.1, 0.15) is 0 Å². The number of piperazine rings is 1. The van der Waals surface area contributed by atoms with Crippen molar-refractivity contribution in [1.82, 2.24) is 19.6 Å². The van der Waals surface area contributed by atoms with E-state index in [0.717, 1.165) is 36.6 Å². The van der Waals surface area contributed by atoms with Gasteiger partial charge in [-0.15, -0.1) is 0 Å². The SMILES string of the molecule is Cc1nn(CCO)c(C)c1CN1CCN(C)C(=O)C1(C)C. The molecule has 0 aliphatic carbocycles. The van der Waals surface area contributed by atoms with Crippen LogP contribution in [0.25, 0.3) is 0 Å². The molecule has 2 rings (SSSR count). The summed E-state index contributed by atoms with van der Waals surface area (Å²) in [6.45, 7) is 10.9. The maximum absolute atomic E-state index is 12.4. The summed E-state index contributed by atoms with van der Waals surface area (Å²) in [5.41, 5.74) is 2.71. The second kappa shape index (κ2) is 5.77. The fourth-order valence-electron chi connectivity index (χ4n) is 3.00. The summed E-state index contributed by atoms with van der Waals surface area (Å²) in [4.78, 5) is 16.4. The van der Waals surface area contributed by atoms with Gasteiger partial charge in [-0.3, -0.25) is 14.4 Å². The molecule has 1 aliphatic rings. The monoisotopic (exact) mass is 294 g/mol. The van der Waals surface area contributed by atoms with E-state index >= 15 is 0 Å². The van der Waals surface area contributed by atoms with Crippen molar-refractivity contribution in [2.75, 3.05) is 26.7 Å². The highest BCUT2D eigenvalue weighted by molar-refractivity contribution is 5.86. The van der Waals surface area contributed by atoms with Crippen LogP contribution in [0.1, 0.15) is 30.8 Å². The Morgan fingerprint density at radius 3 is 2.57 bits per heavy atom. The number of carbonyl (C=O) groups is 1. The lowest BCUT2D eigenvalue weighted by Gasteiger charge is -2.44. The molecule has 0 bridgehead atoms. The van der Waals surface area contributed by atoms with Crippen LogP contribution in [0.5, 0.6) is 0 Å². The van der Waals surface area contributed by atoms with Gasteiger partial charge in [0, 0.05) is 37.9 Å². The van der Waals surface area contributed by atoms with Crippen molar-refractivity contribution >= 4 is 5.91 Å². The summed E-state index contributed by atoms with van der Waals surface area (Å²) >= 11 is 0. The molecule has 1 N–H and O–H groups in total. The Hall–Kier alpha value is -1.40. The summed E-state index contributed by atoms with van der Waals surface area (Å²) in [5, 5.41) is 13.6. The Morgan fingerprint density at radius 1 is 1.29 bits per heavy atom. The molecule has 0 unspecified atom stereocenters. The van der Waals surface area contributed by atoms with Crippen LogP contribution < -0.4 is 0 Å². The number of nitrogens with zero attached hydrogens (tertiary/aromatic N) is 4. The van der Waals surface area contributed by atoms with Crippen LogP contribution in [0.15, 0.2) is 0 Å². The standard InChI is InChI=1S/C15H26N4O2/c1-11-13(12(2)19(16-11)8-9-20)10-18-7-6-17(5)14(21)15(18,3)4/h20H,6-10H2,1-5H3. The molecule has 0 atom stereocenters. The minimum atomic E-state index is -0.495. The quantitative estimate of drug-likeness (QED) is 0.881. The normalized spacial score (nSPS) is 19.3. The second-order valence-corrected chi connectivity index (χ2v) is 6.30. The van der Waals surface area contributed by atoms with E-state index in [1.54, 1.807) is 4.90 Å². The maximum Gasteiger partial charge on any atom is 0.242 e. The number of amides is 1. The molecule has 6 nitrogen and oxygen atoms in total. The molecule has 6 heteroatoms. The minimum absolute atomic E-state index is 0.0832. The first kappa shape index (κ1) is 16.0. The summed E-state index contributed by atoms with van der Waals surface area (Å²) in [5.74, 6) is 0.159. The van der Waals surface area contributed by atoms with E-state index in [-0.39, 0.29) is 12.5 Å². The lowest BCUT2D eigenvalue weighted by Crippen LogP contribution is -2.61. The zero-order chi connectivity index (χ0) is 15.8. The first-order valence-corrected chi connectivity index (χ1v) is 7.43. The number of rotatable bonds is 4. The van der Waals surface area contributed by atoms with Crippen molar-refractivity contribution in [1.29, 1.82) is 0 Å². The van der Waals surface area contributed by atoms with Crippen LogP contribution in [0, 0.1) is 13.8 Å². The van der Waals surface area contributed by atoms with Gasteiger partial charge in [-0.25, -0.2) is 0 Å². The smallest absolute Gasteiger partial charge is 0.242 e. The number of aryl methyl sites for hydroxylation is 1. The molecule has 1 fully saturated rings. The van der Waals surface area contributed by atoms with E-state index in [1.807, 2.05) is 39.4 Å². The first-order valence-electron chi connectivity index (χ1n) is 7.43. The van der Waals surface area contributed by atoms with Crippen molar-refractivity contribution < 1.29 is 9.90 Å². The molecular weight excluding hydrogens is 268 g/mol. The van der Waals surface area contributed by atoms with Crippen LogP contribution in [0.3, 0.4) is 0 Å². The highest BCUT2D eigenvalue weighted by atomic mass is 16.3. The number of carbonyl (C=O) groups excluding carboxylic acids is 1. The van der Waals surface area contributed by atoms with Gasteiger partial charge in [0.25, 0.3) is 0 Å². The highest BCUT2D eigenvalue weighted by Crippen LogP contribution is 2.26. The van der Waals surface area contributed by atoms with Crippen molar-refractivity contribution in [3.8, 4) is 0 Å². The highest BCUT2D eigenvalue weighted by Gasteiger charge is 2.40. The largest absolute Gasteiger partial charge is 0.394 e. The molecule has 0 spiro atoms. The number of aliphatic hydroxyl groups is 1. The number of hydrogen-bond acceptors (Lipinski definition) is 4. The molecule has 1 aliphatic heterocycles. The van der Waals surface area contributed by atoms with Crippen LogP contribution in [-0.2, 0) is 17.9 Å². The molecule has 1 aromatic heterocycles. The van der Waals surface area contributed by atoms with Crippen LogP contribution in [0.4, 0.5) is 0 Å². The van der Waals surface area contributed by atoms with Gasteiger partial charge in [0.05, 0.1) is 24.4 Å². The van der Waals surface area contributed by atoms with Gasteiger partial charge >= 0.3 is 0 Å². The summed E-state index contributed by atoms with van der Waals surface area (Å²) in [6.07, 6.45) is 0. The van der Waals surface area contributed by atoms with Crippen LogP contribution >= 0.6 is 0 Å². The first-order chi connectivity index (χ1) is 9.78. The van der Waals surface area contributed by atoms with E-state index in [0.29, 0.717) is 6.54 Å². The van der Waals surface area contributed by atoms with Gasteiger partial charge < -0.3 is 10.0 Å². The fraction of sp³-hybridized carbons (Fsp3) is 0.733. The number of aromatic nitrogens is 2. The van der Waals surface area contributed by atoms with Crippen LogP contribution in [-0.4, -0.2) is 62.9 Å². The van der Waals surface area contributed by atoms with E-state index in [1.165, 1.54) is 0 Å². The van der Waals surface area contributed by atoms with E-state index in [2.05, 4.69) is 10.00 Å². The number of aliphatic hydroxyl groups excluding tert-OH is 1. The molecule has 21 heavy (non-hydrogen) atoms. The zero-order valence-electron chi connectivity index (χ0n) is 13.7. The third kappa shape index (κ3) is 2.82. The predicted octanol–water partition coefficient (Wildman–Crippen LogP) is 0.545. The van der Waals surface area contributed by atoms with Gasteiger partial charge in [0.15, 0.2) is 0 Å². The molecular formula is C15H26N4O2. The minimum Gasteiger partial charge on any atom is -0.394 e. The number of likely N-dealkylation sites (N-methyl/N-ethyl adjacent to an activating group) is 1. The second-order valence-electron chi connectivity index (χ2n) is 6.30. The van der Waals surface area contributed by atoms with Gasteiger partial charge in [-0.2, -0.15) is 5.10 Å². The maximum atomic E-state index is 12.4. The lowest BCUT2D eigenvalue weighted by molar-refractivity contribution is -0.147. The molecule has 0 radical (unpaired) electrons. The Kier molecular flexibility index (Phi) is 4.39. The summed E-state index contributed by atoms with van der Waals surface area (Å²) in [6, 6.07) is 0. The summed E-state index contributed by atoms with van der Waals surface area (Å²) < 4.78 is 1.84. The molecule has 1 saturated heterocycles. The van der Waals surface area contributed by atoms with E-state index in [4.69, 9.17) is 5.11 Å². The fourth-order valence-corrected chi connectivity index (χ4v) is 3.00. The van der Waals surface area contributed by atoms with E-state index < -0.39 is 5.54 Å². The Morgan fingerprint density at radius 2 is 1.95 bits per heavy atom. The average molecular weight is 294 g/mol. The van der Waals surface area contributed by atoms with Crippen LogP contribution in [0.2, 0.25) is 0 Å². The van der Waals surface area contributed by atoms with E-state index in [9.17, 15) is 4.79 Å². The average Bonchev–Trinajstić information content (AvgIpc) is 2.67. The van der Waals surface area contributed by atoms with Crippen molar-refractivity contribution in [2.24, 2.45) is 0 Å². The van der Waals surface area contributed by atoms with Gasteiger partial charge in [0.2, 0.25) is 5.91 Å². The molecule has 118 valence electrons. The van der Waals surface area contributed by atoms with Crippen molar-refractivity contribution in [2.45, 2.75) is 46.3 Å². The Balaban J connectivity index is 2.24. The lowest BCUT2D eigenvalue weighted by atomic mass is 9.96. The Labute approximate surface area is 126 Å². The number of hydrogen-bond donors (Lipinski definition) is 1. The van der Waals surface area contributed by atoms with Crippen molar-refractivity contribution in [3.05, 3.63) is 17.0 Å². The molecule has 0 aromatic carbocycles. The third-order valence-electron chi connectivity index (χ3n) is 4.56. The van der Waals surface area contributed by atoms with Crippen molar-refractivity contribution in [3.63, 3.8) is 0 Å². The third-order valence-corrected chi connectivity index (χ3v) is 4.56. The Bertz CT molecular complexity index is 536. The molecule has 0 saturated carbocycles. The van der Waals surface area contributed by atoms with Gasteiger partial charge in [-0.05, 0) is 27.7 Å². The molecule has 1 aromatic rings. The summed E-state index contributed by atoms with van der Waals surface area (Å²) in [7, 11) is 1.86.